The molecule has 0 saturated heterocycles. The average Bonchev–Trinajstić information content (AvgIpc) is 3.12. The van der Waals surface area contributed by atoms with E-state index < -0.39 is 0 Å². The van der Waals surface area contributed by atoms with Crippen LogP contribution in [0.15, 0.2) is 47.3 Å². The second-order valence-electron chi connectivity index (χ2n) is 4.83. The number of hydrogen-bond acceptors (Lipinski definition) is 3. The van der Waals surface area contributed by atoms with E-state index in [1.165, 1.54) is 0 Å². The van der Waals surface area contributed by atoms with Crippen molar-refractivity contribution >= 4 is 44.7 Å². The summed E-state index contributed by atoms with van der Waals surface area (Å²) in [6.07, 6.45) is 6.18. The monoisotopic (exact) mass is 355 g/mol. The topological polar surface area (TPSA) is 75.1 Å². The largest absolute Gasteiger partial charge is 0.312 e. The summed E-state index contributed by atoms with van der Waals surface area (Å²) >= 11 is 3.61. The number of halogens is 1. The van der Waals surface area contributed by atoms with Crippen molar-refractivity contribution in [3.63, 3.8) is 0 Å². The van der Waals surface area contributed by atoms with E-state index in [1.807, 2.05) is 41.1 Å². The Bertz CT molecular complexity index is 1000. The van der Waals surface area contributed by atoms with Crippen LogP contribution in [0.5, 0.6) is 0 Å². The SMILES string of the molecule is O=CNc1cn2cc(-c3c(Br)ccc4[nH]ncc34)ccc2n1. The molecule has 1 amide bonds. The van der Waals surface area contributed by atoms with Crippen molar-refractivity contribution in [3.8, 4) is 11.1 Å². The molecule has 22 heavy (non-hydrogen) atoms. The van der Waals surface area contributed by atoms with Crippen molar-refractivity contribution in [1.29, 1.82) is 0 Å². The average molecular weight is 356 g/mol. The van der Waals surface area contributed by atoms with Gasteiger partial charge in [0.05, 0.1) is 17.9 Å². The highest BCUT2D eigenvalue weighted by Gasteiger charge is 2.11. The number of aromatic amines is 1. The molecule has 0 fully saturated rings. The van der Waals surface area contributed by atoms with Crippen molar-refractivity contribution in [2.75, 3.05) is 5.32 Å². The number of carbonyl (C=O) groups is 1. The van der Waals surface area contributed by atoms with Gasteiger partial charge in [-0.1, -0.05) is 15.9 Å². The Kier molecular flexibility index (Phi) is 2.93. The molecule has 0 aliphatic rings. The van der Waals surface area contributed by atoms with Crippen molar-refractivity contribution in [2.24, 2.45) is 0 Å². The number of amides is 1. The van der Waals surface area contributed by atoms with E-state index in [9.17, 15) is 4.79 Å². The van der Waals surface area contributed by atoms with Gasteiger partial charge in [0.1, 0.15) is 5.65 Å². The van der Waals surface area contributed by atoms with Gasteiger partial charge in [-0.15, -0.1) is 0 Å². The van der Waals surface area contributed by atoms with Crippen LogP contribution in [0.4, 0.5) is 5.82 Å². The molecule has 1 aromatic carbocycles. The Labute approximate surface area is 133 Å². The number of H-pyrrole nitrogens is 1. The summed E-state index contributed by atoms with van der Waals surface area (Å²) in [5.41, 5.74) is 3.84. The molecular formula is C15H10BrN5O. The molecule has 2 N–H and O–H groups in total. The summed E-state index contributed by atoms with van der Waals surface area (Å²) in [6, 6.07) is 7.89. The van der Waals surface area contributed by atoms with Crippen LogP contribution in [-0.2, 0) is 4.79 Å². The normalized spacial score (nSPS) is 11.1. The number of hydrogen-bond donors (Lipinski definition) is 2. The van der Waals surface area contributed by atoms with Gasteiger partial charge in [-0.25, -0.2) is 4.98 Å². The zero-order chi connectivity index (χ0) is 15.1. The summed E-state index contributed by atoms with van der Waals surface area (Å²) in [7, 11) is 0. The summed E-state index contributed by atoms with van der Waals surface area (Å²) in [5.74, 6) is 0.521. The molecule has 0 radical (unpaired) electrons. The number of rotatable bonds is 3. The lowest BCUT2D eigenvalue weighted by molar-refractivity contribution is -0.105. The minimum absolute atomic E-state index is 0.521. The molecule has 4 aromatic rings. The minimum atomic E-state index is 0.521. The standard InChI is InChI=1S/C15H10BrN5O/c16-11-2-3-12-10(5-18-20-12)15(11)9-1-4-14-19-13(17-8-22)7-21(14)6-9/h1-8H,(H,17,22)(H,18,20). The van der Waals surface area contributed by atoms with Crippen molar-refractivity contribution in [2.45, 2.75) is 0 Å². The van der Waals surface area contributed by atoms with E-state index in [0.717, 1.165) is 32.1 Å². The smallest absolute Gasteiger partial charge is 0.212 e. The van der Waals surface area contributed by atoms with E-state index in [-0.39, 0.29) is 0 Å². The summed E-state index contributed by atoms with van der Waals surface area (Å²) < 4.78 is 2.87. The van der Waals surface area contributed by atoms with E-state index in [4.69, 9.17) is 0 Å². The van der Waals surface area contributed by atoms with E-state index in [1.54, 1.807) is 6.20 Å². The van der Waals surface area contributed by atoms with Crippen LogP contribution < -0.4 is 5.32 Å². The number of anilines is 1. The number of nitrogens with zero attached hydrogens (tertiary/aromatic N) is 3. The van der Waals surface area contributed by atoms with Gasteiger partial charge < -0.3 is 9.72 Å². The Morgan fingerprint density at radius 1 is 1.23 bits per heavy atom. The van der Waals surface area contributed by atoms with Gasteiger partial charge in [0.2, 0.25) is 6.41 Å². The van der Waals surface area contributed by atoms with Gasteiger partial charge in [0.25, 0.3) is 0 Å². The summed E-state index contributed by atoms with van der Waals surface area (Å²) in [6.45, 7) is 0. The summed E-state index contributed by atoms with van der Waals surface area (Å²) in [4.78, 5) is 14.8. The van der Waals surface area contributed by atoms with Gasteiger partial charge >= 0.3 is 0 Å². The van der Waals surface area contributed by atoms with Gasteiger partial charge in [-0.3, -0.25) is 9.89 Å². The van der Waals surface area contributed by atoms with Crippen molar-refractivity contribution < 1.29 is 4.79 Å². The minimum Gasteiger partial charge on any atom is -0.312 e. The van der Waals surface area contributed by atoms with Crippen molar-refractivity contribution in [1.82, 2.24) is 19.6 Å². The molecule has 108 valence electrons. The fourth-order valence-corrected chi connectivity index (χ4v) is 3.13. The maximum atomic E-state index is 10.5. The van der Waals surface area contributed by atoms with Crippen LogP contribution in [0, 0.1) is 0 Å². The van der Waals surface area contributed by atoms with Crippen LogP contribution in [-0.4, -0.2) is 26.0 Å². The molecule has 3 aromatic heterocycles. The van der Waals surface area contributed by atoms with Crippen LogP contribution in [0.1, 0.15) is 0 Å². The molecule has 6 nitrogen and oxygen atoms in total. The lowest BCUT2D eigenvalue weighted by atomic mass is 10.0. The fraction of sp³-hybridized carbons (Fsp3) is 0. The second kappa shape index (κ2) is 4.96. The molecule has 4 rings (SSSR count). The lowest BCUT2D eigenvalue weighted by Gasteiger charge is -2.07. The molecular weight excluding hydrogens is 346 g/mol. The maximum Gasteiger partial charge on any atom is 0.212 e. The number of benzene rings is 1. The molecule has 0 bridgehead atoms. The fourth-order valence-electron chi connectivity index (χ4n) is 2.55. The van der Waals surface area contributed by atoms with Crippen LogP contribution in [0.2, 0.25) is 0 Å². The maximum absolute atomic E-state index is 10.5. The predicted molar refractivity (Wildman–Crippen MR) is 87.7 cm³/mol. The highest BCUT2D eigenvalue weighted by molar-refractivity contribution is 9.10. The third-order valence-electron chi connectivity index (χ3n) is 3.52. The highest BCUT2D eigenvalue weighted by Crippen LogP contribution is 2.34. The number of imidazole rings is 1. The van der Waals surface area contributed by atoms with Crippen LogP contribution in [0.25, 0.3) is 27.7 Å². The van der Waals surface area contributed by atoms with Gasteiger partial charge in [-0.05, 0) is 24.3 Å². The highest BCUT2D eigenvalue weighted by atomic mass is 79.9. The zero-order valence-corrected chi connectivity index (χ0v) is 12.8. The molecule has 7 heteroatoms. The molecule has 0 aliphatic carbocycles. The Hall–Kier alpha value is -2.67. The van der Waals surface area contributed by atoms with Gasteiger partial charge in [0, 0.05) is 27.2 Å². The molecule has 0 saturated carbocycles. The first-order chi connectivity index (χ1) is 10.8. The zero-order valence-electron chi connectivity index (χ0n) is 11.2. The molecule has 3 heterocycles. The lowest BCUT2D eigenvalue weighted by Crippen LogP contribution is -1.92. The van der Waals surface area contributed by atoms with E-state index in [2.05, 4.69) is 36.4 Å². The van der Waals surface area contributed by atoms with E-state index >= 15 is 0 Å². The molecule has 0 spiro atoms. The third-order valence-corrected chi connectivity index (χ3v) is 4.18. The number of pyridine rings is 1. The van der Waals surface area contributed by atoms with Gasteiger partial charge in [-0.2, -0.15) is 5.10 Å². The first kappa shape index (κ1) is 13.0. The van der Waals surface area contributed by atoms with Gasteiger partial charge in [0.15, 0.2) is 5.82 Å². The van der Waals surface area contributed by atoms with Crippen LogP contribution in [0.3, 0.4) is 0 Å². The van der Waals surface area contributed by atoms with E-state index in [0.29, 0.717) is 12.2 Å². The second-order valence-corrected chi connectivity index (χ2v) is 5.68. The Morgan fingerprint density at radius 3 is 3.00 bits per heavy atom. The first-order valence-corrected chi connectivity index (χ1v) is 7.36. The Balaban J connectivity index is 1.94. The number of nitrogens with one attached hydrogen (secondary N) is 2. The number of fused-ring (bicyclic) bond motifs is 2. The molecule has 0 aliphatic heterocycles. The predicted octanol–water partition coefficient (Wildman–Crippen LogP) is 3.21. The number of aromatic nitrogens is 4. The first-order valence-electron chi connectivity index (χ1n) is 6.57. The summed E-state index contributed by atoms with van der Waals surface area (Å²) in [5, 5.41) is 10.7. The number of carbonyl (C=O) groups excluding carboxylic acids is 1. The quantitative estimate of drug-likeness (QED) is 0.554. The van der Waals surface area contributed by atoms with Crippen LogP contribution >= 0.6 is 15.9 Å². The Morgan fingerprint density at radius 2 is 2.14 bits per heavy atom. The van der Waals surface area contributed by atoms with Crippen molar-refractivity contribution in [3.05, 3.63) is 47.3 Å². The third kappa shape index (κ3) is 1.98. The molecule has 0 unspecified atom stereocenters. The molecule has 0 atom stereocenters.